The zero-order valence-electron chi connectivity index (χ0n) is 20.3. The van der Waals surface area contributed by atoms with E-state index in [2.05, 4.69) is 31.3 Å². The molecule has 176 valence electrons. The highest BCUT2D eigenvalue weighted by Gasteiger charge is 2.15. The third-order valence-corrected chi connectivity index (χ3v) is 5.76. The largest absolute Gasteiger partial charge is 0.422 e. The molecule has 0 heterocycles. The number of benzene rings is 4. The van der Waals surface area contributed by atoms with Crippen LogP contribution in [0.1, 0.15) is 58.2 Å². The Bertz CT molecular complexity index is 1410. The number of ether oxygens (including phenoxy) is 1. The summed E-state index contributed by atoms with van der Waals surface area (Å²) in [6.45, 7) is 8.30. The molecule has 0 fully saturated rings. The van der Waals surface area contributed by atoms with Crippen molar-refractivity contribution in [2.45, 2.75) is 33.1 Å². The van der Waals surface area contributed by atoms with Gasteiger partial charge in [-0.05, 0) is 59.0 Å². The van der Waals surface area contributed by atoms with Gasteiger partial charge < -0.3 is 4.74 Å². The van der Waals surface area contributed by atoms with Gasteiger partial charge in [0, 0.05) is 11.1 Å². The highest BCUT2D eigenvalue weighted by Crippen LogP contribution is 2.27. The number of hydrogen-bond donors (Lipinski definition) is 1. The summed E-state index contributed by atoms with van der Waals surface area (Å²) < 4.78 is 5.74. The van der Waals surface area contributed by atoms with Crippen LogP contribution in [-0.2, 0) is 5.41 Å². The first kappa shape index (κ1) is 23.9. The number of nitrogens with zero attached hydrogens (tertiary/aromatic N) is 1. The number of nitrogens with one attached hydrogen (secondary N) is 1. The molecule has 4 rings (SSSR count). The van der Waals surface area contributed by atoms with E-state index in [0.717, 1.165) is 21.9 Å². The normalized spacial score (nSPS) is 11.5. The number of rotatable bonds is 5. The van der Waals surface area contributed by atoms with Crippen LogP contribution in [0.15, 0.2) is 90.0 Å². The van der Waals surface area contributed by atoms with Crippen LogP contribution in [0, 0.1) is 6.92 Å². The van der Waals surface area contributed by atoms with Crippen LogP contribution in [0.4, 0.5) is 0 Å². The number of carbonyl (C=O) groups excluding carboxylic acids is 2. The average molecular weight is 465 g/mol. The topological polar surface area (TPSA) is 67.8 Å². The molecular formula is C30H28N2O3. The van der Waals surface area contributed by atoms with Crippen LogP contribution in [0.5, 0.6) is 5.75 Å². The minimum atomic E-state index is -0.457. The van der Waals surface area contributed by atoms with Gasteiger partial charge in [-0.25, -0.2) is 10.2 Å². The second-order valence-electron chi connectivity index (χ2n) is 9.48. The molecule has 0 radical (unpaired) electrons. The zero-order chi connectivity index (χ0) is 25.0. The fourth-order valence-corrected chi connectivity index (χ4v) is 3.77. The molecular weight excluding hydrogens is 436 g/mol. The minimum Gasteiger partial charge on any atom is -0.422 e. The fourth-order valence-electron chi connectivity index (χ4n) is 3.77. The lowest BCUT2D eigenvalue weighted by atomic mass is 9.87. The molecule has 4 aromatic rings. The van der Waals surface area contributed by atoms with Crippen LogP contribution < -0.4 is 10.2 Å². The predicted octanol–water partition coefficient (Wildman–Crippen LogP) is 6.43. The summed E-state index contributed by atoms with van der Waals surface area (Å²) in [7, 11) is 0. The van der Waals surface area contributed by atoms with Crippen LogP contribution in [0.2, 0.25) is 0 Å². The Labute approximate surface area is 205 Å². The van der Waals surface area contributed by atoms with E-state index >= 15 is 0 Å². The molecule has 4 aromatic carbocycles. The highest BCUT2D eigenvalue weighted by molar-refractivity contribution is 6.04. The van der Waals surface area contributed by atoms with Gasteiger partial charge in [-0.3, -0.25) is 4.79 Å². The standard InChI is InChI=1S/C30H28N2O3/c1-20-8-7-10-23(18-20)29(34)35-27-17-14-21-9-5-6-11-25(21)26(27)19-31-32-28(33)22-12-15-24(16-13-22)30(2,3)4/h5-19H,1-4H3,(H,32,33)/b31-19-. The van der Waals surface area contributed by atoms with Gasteiger partial charge in [0.1, 0.15) is 5.75 Å². The summed E-state index contributed by atoms with van der Waals surface area (Å²) >= 11 is 0. The molecule has 35 heavy (non-hydrogen) atoms. The first-order valence-corrected chi connectivity index (χ1v) is 11.5. The van der Waals surface area contributed by atoms with Gasteiger partial charge in [-0.1, -0.05) is 80.9 Å². The molecule has 0 aliphatic carbocycles. The van der Waals surface area contributed by atoms with Crippen molar-refractivity contribution < 1.29 is 14.3 Å². The molecule has 0 aliphatic rings. The lowest BCUT2D eigenvalue weighted by Gasteiger charge is -2.18. The van der Waals surface area contributed by atoms with Crippen molar-refractivity contribution in [3.63, 3.8) is 0 Å². The average Bonchev–Trinajstić information content (AvgIpc) is 2.84. The molecule has 1 N–H and O–H groups in total. The quantitative estimate of drug-likeness (QED) is 0.160. The molecule has 0 bridgehead atoms. The first-order chi connectivity index (χ1) is 16.7. The van der Waals surface area contributed by atoms with Crippen LogP contribution in [0.3, 0.4) is 0 Å². The summed E-state index contributed by atoms with van der Waals surface area (Å²) in [6, 6.07) is 26.1. The van der Waals surface area contributed by atoms with Gasteiger partial charge >= 0.3 is 5.97 Å². The third-order valence-electron chi connectivity index (χ3n) is 5.76. The van der Waals surface area contributed by atoms with E-state index in [1.165, 1.54) is 6.21 Å². The van der Waals surface area contributed by atoms with Gasteiger partial charge in [0.25, 0.3) is 5.91 Å². The summed E-state index contributed by atoms with van der Waals surface area (Å²) in [5.74, 6) is -0.412. The van der Waals surface area contributed by atoms with Gasteiger partial charge in [-0.2, -0.15) is 5.10 Å². The number of amides is 1. The number of fused-ring (bicyclic) bond motifs is 1. The van der Waals surface area contributed by atoms with E-state index in [1.807, 2.05) is 61.5 Å². The van der Waals surface area contributed by atoms with E-state index < -0.39 is 5.97 Å². The van der Waals surface area contributed by atoms with Gasteiger partial charge in [0.05, 0.1) is 11.8 Å². The molecule has 5 nitrogen and oxygen atoms in total. The van der Waals surface area contributed by atoms with Gasteiger partial charge in [0.2, 0.25) is 0 Å². The Kier molecular flexibility index (Phi) is 6.78. The smallest absolute Gasteiger partial charge is 0.343 e. The van der Waals surface area contributed by atoms with Crippen molar-refractivity contribution in [3.8, 4) is 5.75 Å². The highest BCUT2D eigenvalue weighted by atomic mass is 16.5. The van der Waals surface area contributed by atoms with E-state index in [-0.39, 0.29) is 11.3 Å². The number of hydrogen-bond acceptors (Lipinski definition) is 4. The van der Waals surface area contributed by atoms with E-state index in [0.29, 0.717) is 22.4 Å². The first-order valence-electron chi connectivity index (χ1n) is 11.5. The van der Waals surface area contributed by atoms with Crippen molar-refractivity contribution in [1.29, 1.82) is 0 Å². The Morgan fingerprint density at radius 1 is 0.857 bits per heavy atom. The Morgan fingerprint density at radius 3 is 2.31 bits per heavy atom. The van der Waals surface area contributed by atoms with Crippen molar-refractivity contribution in [3.05, 3.63) is 113 Å². The number of aryl methyl sites for hydroxylation is 1. The van der Waals surface area contributed by atoms with E-state index in [1.54, 1.807) is 30.3 Å². The second-order valence-corrected chi connectivity index (χ2v) is 9.48. The third kappa shape index (κ3) is 5.64. The summed E-state index contributed by atoms with van der Waals surface area (Å²) in [6.07, 6.45) is 1.52. The predicted molar refractivity (Wildman–Crippen MR) is 140 cm³/mol. The maximum absolute atomic E-state index is 12.8. The van der Waals surface area contributed by atoms with Crippen molar-refractivity contribution >= 4 is 28.9 Å². The Balaban J connectivity index is 1.58. The van der Waals surface area contributed by atoms with Gasteiger partial charge in [-0.15, -0.1) is 0 Å². The number of hydrazone groups is 1. The van der Waals surface area contributed by atoms with Crippen LogP contribution in [0.25, 0.3) is 10.8 Å². The minimum absolute atomic E-state index is 0.00774. The Morgan fingerprint density at radius 2 is 1.60 bits per heavy atom. The molecule has 0 spiro atoms. The molecule has 5 heteroatoms. The fraction of sp³-hybridized carbons (Fsp3) is 0.167. The monoisotopic (exact) mass is 464 g/mol. The van der Waals surface area contributed by atoms with Gasteiger partial charge in [0.15, 0.2) is 0 Å². The van der Waals surface area contributed by atoms with Crippen LogP contribution in [-0.4, -0.2) is 18.1 Å². The van der Waals surface area contributed by atoms with Crippen molar-refractivity contribution in [1.82, 2.24) is 5.43 Å². The SMILES string of the molecule is Cc1cccc(C(=O)Oc2ccc3ccccc3c2/C=N\NC(=O)c2ccc(C(C)(C)C)cc2)c1. The summed E-state index contributed by atoms with van der Waals surface area (Å²) in [5.41, 5.74) is 6.29. The molecule has 0 saturated carbocycles. The molecule has 0 saturated heterocycles. The number of carbonyl (C=O) groups is 2. The van der Waals surface area contributed by atoms with Crippen molar-refractivity contribution in [2.75, 3.05) is 0 Å². The molecule has 0 atom stereocenters. The molecule has 0 aliphatic heterocycles. The lowest BCUT2D eigenvalue weighted by molar-refractivity contribution is 0.0734. The molecule has 1 amide bonds. The maximum Gasteiger partial charge on any atom is 0.343 e. The van der Waals surface area contributed by atoms with Crippen molar-refractivity contribution in [2.24, 2.45) is 5.10 Å². The maximum atomic E-state index is 12.8. The summed E-state index contributed by atoms with van der Waals surface area (Å²) in [5, 5.41) is 6.00. The number of esters is 1. The van der Waals surface area contributed by atoms with E-state index in [4.69, 9.17) is 4.74 Å². The summed E-state index contributed by atoms with van der Waals surface area (Å²) in [4.78, 5) is 25.4. The Hall–Kier alpha value is -4.25. The van der Waals surface area contributed by atoms with E-state index in [9.17, 15) is 9.59 Å². The lowest BCUT2D eigenvalue weighted by Crippen LogP contribution is -2.18. The van der Waals surface area contributed by atoms with Crippen LogP contribution >= 0.6 is 0 Å². The second kappa shape index (κ2) is 9.94. The zero-order valence-corrected chi connectivity index (χ0v) is 20.3. The molecule has 0 unspecified atom stereocenters. The molecule has 0 aromatic heterocycles.